The molecule has 6 nitrogen and oxygen atoms in total. The summed E-state index contributed by atoms with van der Waals surface area (Å²) in [5.74, 6) is 0. The maximum Gasteiger partial charge on any atom is 0.319 e. The molecule has 3 rings (SSSR count). The Morgan fingerprint density at radius 1 is 1.25 bits per heavy atom. The van der Waals surface area contributed by atoms with E-state index in [9.17, 15) is 4.79 Å². The van der Waals surface area contributed by atoms with Gasteiger partial charge in [0.05, 0.1) is 11.8 Å². The first-order chi connectivity index (χ1) is 11.8. The maximum atomic E-state index is 11.9. The average Bonchev–Trinajstić information content (AvgIpc) is 3.15. The second-order valence-corrected chi connectivity index (χ2v) is 6.06. The van der Waals surface area contributed by atoms with Crippen molar-refractivity contribution in [3.05, 3.63) is 36.5 Å². The van der Waals surface area contributed by atoms with E-state index >= 15 is 0 Å². The Labute approximate surface area is 142 Å². The molecule has 128 valence electrons. The van der Waals surface area contributed by atoms with E-state index < -0.39 is 0 Å². The first-order valence-corrected chi connectivity index (χ1v) is 8.57. The number of urea groups is 1. The monoisotopic (exact) mass is 328 g/mol. The molecule has 2 aromatic rings. The fourth-order valence-corrected chi connectivity index (χ4v) is 2.89. The van der Waals surface area contributed by atoms with Crippen LogP contribution in [0.4, 0.5) is 10.5 Å². The number of carbonyl (C=O) groups is 1. The Bertz CT molecular complexity index is 619. The molecule has 2 heterocycles. The van der Waals surface area contributed by atoms with Crippen molar-refractivity contribution in [3.63, 3.8) is 0 Å². The van der Waals surface area contributed by atoms with Gasteiger partial charge in [-0.05, 0) is 55.9 Å². The topological polar surface area (TPSA) is 79.0 Å². The molecule has 1 atom stereocenters. The molecule has 6 heteroatoms. The van der Waals surface area contributed by atoms with Gasteiger partial charge in [0.25, 0.3) is 0 Å². The SMILES string of the molecule is O=C(NCCC[C@H]1CCCCO1)Nc1ccc(-c2ccn[nH]2)cc1. The third-order valence-electron chi connectivity index (χ3n) is 4.22. The Morgan fingerprint density at radius 3 is 2.83 bits per heavy atom. The quantitative estimate of drug-likeness (QED) is 0.710. The predicted octanol–water partition coefficient (Wildman–Crippen LogP) is 3.55. The zero-order valence-electron chi connectivity index (χ0n) is 13.8. The zero-order chi connectivity index (χ0) is 16.6. The van der Waals surface area contributed by atoms with Gasteiger partial charge < -0.3 is 15.4 Å². The highest BCUT2D eigenvalue weighted by atomic mass is 16.5. The molecule has 0 aliphatic carbocycles. The molecule has 1 aromatic heterocycles. The molecule has 3 N–H and O–H groups in total. The van der Waals surface area contributed by atoms with Crippen LogP contribution in [0.2, 0.25) is 0 Å². The highest BCUT2D eigenvalue weighted by Crippen LogP contribution is 2.19. The molecule has 0 saturated carbocycles. The van der Waals surface area contributed by atoms with Crippen molar-refractivity contribution in [1.29, 1.82) is 0 Å². The summed E-state index contributed by atoms with van der Waals surface area (Å²) < 4.78 is 5.69. The number of H-pyrrole nitrogens is 1. The zero-order valence-corrected chi connectivity index (χ0v) is 13.8. The van der Waals surface area contributed by atoms with Crippen LogP contribution in [0.25, 0.3) is 11.3 Å². The van der Waals surface area contributed by atoms with E-state index in [2.05, 4.69) is 20.8 Å². The number of hydrogen-bond acceptors (Lipinski definition) is 3. The number of aromatic amines is 1. The van der Waals surface area contributed by atoms with Crippen LogP contribution in [-0.2, 0) is 4.74 Å². The van der Waals surface area contributed by atoms with Crippen LogP contribution in [0.15, 0.2) is 36.5 Å². The van der Waals surface area contributed by atoms with Gasteiger partial charge in [0, 0.05) is 25.0 Å². The van der Waals surface area contributed by atoms with Crippen LogP contribution in [0, 0.1) is 0 Å². The number of anilines is 1. The maximum absolute atomic E-state index is 11.9. The molecule has 0 spiro atoms. The van der Waals surface area contributed by atoms with E-state index in [1.54, 1.807) is 6.20 Å². The van der Waals surface area contributed by atoms with Gasteiger partial charge in [-0.25, -0.2) is 4.79 Å². The van der Waals surface area contributed by atoms with Crippen LogP contribution < -0.4 is 10.6 Å². The van der Waals surface area contributed by atoms with Crippen molar-refractivity contribution >= 4 is 11.7 Å². The van der Waals surface area contributed by atoms with E-state index in [1.165, 1.54) is 12.8 Å². The van der Waals surface area contributed by atoms with Crippen molar-refractivity contribution in [2.75, 3.05) is 18.5 Å². The summed E-state index contributed by atoms with van der Waals surface area (Å²) in [5.41, 5.74) is 2.76. The summed E-state index contributed by atoms with van der Waals surface area (Å²) in [6.45, 7) is 1.55. The first kappa shape index (κ1) is 16.5. The molecule has 2 amide bonds. The number of carbonyl (C=O) groups excluding carboxylic acids is 1. The number of amides is 2. The Hall–Kier alpha value is -2.34. The second-order valence-electron chi connectivity index (χ2n) is 6.06. The standard InChI is InChI=1S/C18H24N4O2/c23-18(19-11-3-5-16-4-1-2-13-24-16)21-15-8-6-14(7-9-15)17-10-12-20-22-17/h6-10,12,16H,1-5,11,13H2,(H,20,22)(H2,19,21,23)/t16-/m1/s1. The molecule has 1 aromatic carbocycles. The lowest BCUT2D eigenvalue weighted by molar-refractivity contribution is 0.0103. The number of benzene rings is 1. The van der Waals surface area contributed by atoms with Crippen molar-refractivity contribution in [3.8, 4) is 11.3 Å². The number of hydrogen-bond donors (Lipinski definition) is 3. The molecule has 1 aliphatic rings. The van der Waals surface area contributed by atoms with Gasteiger partial charge in [-0.15, -0.1) is 0 Å². The van der Waals surface area contributed by atoms with Crippen LogP contribution in [0.5, 0.6) is 0 Å². The number of nitrogens with one attached hydrogen (secondary N) is 3. The Balaban J connectivity index is 1.37. The lowest BCUT2D eigenvalue weighted by Gasteiger charge is -2.22. The molecule has 1 fully saturated rings. The van der Waals surface area contributed by atoms with E-state index in [0.717, 1.165) is 42.8 Å². The third-order valence-corrected chi connectivity index (χ3v) is 4.22. The summed E-state index contributed by atoms with van der Waals surface area (Å²) in [5, 5.41) is 12.6. The van der Waals surface area contributed by atoms with Gasteiger partial charge in [-0.2, -0.15) is 5.10 Å². The summed E-state index contributed by atoms with van der Waals surface area (Å²) in [6.07, 6.45) is 7.63. The second kappa shape index (κ2) is 8.49. The fourth-order valence-electron chi connectivity index (χ4n) is 2.89. The summed E-state index contributed by atoms with van der Waals surface area (Å²) >= 11 is 0. The molecule has 1 aliphatic heterocycles. The van der Waals surface area contributed by atoms with E-state index in [0.29, 0.717) is 12.6 Å². The van der Waals surface area contributed by atoms with Gasteiger partial charge in [0.2, 0.25) is 0 Å². The Morgan fingerprint density at radius 2 is 2.12 bits per heavy atom. The minimum Gasteiger partial charge on any atom is -0.378 e. The Kier molecular flexibility index (Phi) is 5.85. The van der Waals surface area contributed by atoms with Gasteiger partial charge >= 0.3 is 6.03 Å². The highest BCUT2D eigenvalue weighted by molar-refractivity contribution is 5.89. The van der Waals surface area contributed by atoms with Crippen molar-refractivity contribution in [1.82, 2.24) is 15.5 Å². The highest BCUT2D eigenvalue weighted by Gasteiger charge is 2.13. The predicted molar refractivity (Wildman–Crippen MR) is 93.9 cm³/mol. The van der Waals surface area contributed by atoms with Crippen molar-refractivity contribution in [2.45, 2.75) is 38.2 Å². The normalized spacial score (nSPS) is 17.4. The van der Waals surface area contributed by atoms with Gasteiger partial charge in [-0.1, -0.05) is 12.1 Å². The molecular weight excluding hydrogens is 304 g/mol. The van der Waals surface area contributed by atoms with Gasteiger partial charge in [0.15, 0.2) is 0 Å². The number of aromatic nitrogens is 2. The van der Waals surface area contributed by atoms with E-state index in [1.807, 2.05) is 30.3 Å². The lowest BCUT2D eigenvalue weighted by atomic mass is 10.0. The molecule has 0 radical (unpaired) electrons. The van der Waals surface area contributed by atoms with Gasteiger partial charge in [0.1, 0.15) is 0 Å². The number of ether oxygens (including phenoxy) is 1. The lowest BCUT2D eigenvalue weighted by Crippen LogP contribution is -2.30. The van der Waals surface area contributed by atoms with Gasteiger partial charge in [-0.3, -0.25) is 5.10 Å². The average molecular weight is 328 g/mol. The molecule has 1 saturated heterocycles. The molecule has 0 bridgehead atoms. The minimum absolute atomic E-state index is 0.172. The smallest absolute Gasteiger partial charge is 0.319 e. The minimum atomic E-state index is -0.172. The van der Waals surface area contributed by atoms with Crippen LogP contribution in [-0.4, -0.2) is 35.5 Å². The van der Waals surface area contributed by atoms with Crippen molar-refractivity contribution < 1.29 is 9.53 Å². The van der Waals surface area contributed by atoms with Crippen LogP contribution >= 0.6 is 0 Å². The van der Waals surface area contributed by atoms with E-state index in [-0.39, 0.29) is 6.03 Å². The van der Waals surface area contributed by atoms with E-state index in [4.69, 9.17) is 4.74 Å². The van der Waals surface area contributed by atoms with Crippen molar-refractivity contribution in [2.24, 2.45) is 0 Å². The molecular formula is C18H24N4O2. The third kappa shape index (κ3) is 4.83. The summed E-state index contributed by atoms with van der Waals surface area (Å²) in [6, 6.07) is 9.39. The first-order valence-electron chi connectivity index (χ1n) is 8.57. The number of rotatable bonds is 6. The van der Waals surface area contributed by atoms with Crippen LogP contribution in [0.1, 0.15) is 32.1 Å². The number of nitrogens with zero attached hydrogens (tertiary/aromatic N) is 1. The largest absolute Gasteiger partial charge is 0.378 e. The molecule has 24 heavy (non-hydrogen) atoms. The summed E-state index contributed by atoms with van der Waals surface area (Å²) in [7, 11) is 0. The fraction of sp³-hybridized carbons (Fsp3) is 0.444. The summed E-state index contributed by atoms with van der Waals surface area (Å²) in [4.78, 5) is 11.9. The van der Waals surface area contributed by atoms with Crippen LogP contribution in [0.3, 0.4) is 0 Å². The molecule has 0 unspecified atom stereocenters.